The highest BCUT2D eigenvalue weighted by Crippen LogP contribution is 2.27. The molecule has 0 aliphatic carbocycles. The molecule has 4 rings (SSSR count). The summed E-state index contributed by atoms with van der Waals surface area (Å²) in [7, 11) is -3.41. The molecule has 1 amide bonds. The van der Waals surface area contributed by atoms with Crippen molar-refractivity contribution in [3.05, 3.63) is 71.8 Å². The van der Waals surface area contributed by atoms with Crippen LogP contribution in [-0.4, -0.2) is 49.7 Å². The minimum atomic E-state index is -3.41. The second-order valence-corrected chi connectivity index (χ2v) is 10.9. The molecular weight excluding hydrogens is 408 g/mol. The van der Waals surface area contributed by atoms with Gasteiger partial charge in [-0.1, -0.05) is 60.7 Å². The Morgan fingerprint density at radius 2 is 1.45 bits per heavy atom. The van der Waals surface area contributed by atoms with Gasteiger partial charge in [-0.3, -0.25) is 4.79 Å². The summed E-state index contributed by atoms with van der Waals surface area (Å²) in [6.45, 7) is 2.39. The Hall–Kier alpha value is -2.18. The molecule has 0 aromatic heterocycles. The van der Waals surface area contributed by atoms with Crippen LogP contribution in [0.25, 0.3) is 0 Å². The first kappa shape index (κ1) is 22.0. The van der Waals surface area contributed by atoms with E-state index < -0.39 is 10.0 Å². The van der Waals surface area contributed by atoms with Crippen molar-refractivity contribution in [1.82, 2.24) is 9.21 Å². The van der Waals surface area contributed by atoms with Gasteiger partial charge in [-0.2, -0.15) is 0 Å². The zero-order chi connectivity index (χ0) is 21.7. The Kier molecular flexibility index (Phi) is 7.08. The van der Waals surface area contributed by atoms with Gasteiger partial charge in [0.1, 0.15) is 0 Å². The number of likely N-dealkylation sites (tertiary alicyclic amines) is 1. The quantitative estimate of drug-likeness (QED) is 0.688. The predicted molar refractivity (Wildman–Crippen MR) is 123 cm³/mol. The van der Waals surface area contributed by atoms with Crippen LogP contribution >= 0.6 is 0 Å². The summed E-state index contributed by atoms with van der Waals surface area (Å²) in [5, 5.41) is 0. The summed E-state index contributed by atoms with van der Waals surface area (Å²) in [6.07, 6.45) is 4.62. The minimum absolute atomic E-state index is 0.000366. The number of hydrogen-bond acceptors (Lipinski definition) is 3. The number of benzene rings is 2. The summed E-state index contributed by atoms with van der Waals surface area (Å²) in [4.78, 5) is 15.1. The third-order valence-electron chi connectivity index (χ3n) is 6.61. The van der Waals surface area contributed by atoms with Gasteiger partial charge in [0, 0.05) is 26.2 Å². The average molecular weight is 441 g/mol. The summed E-state index contributed by atoms with van der Waals surface area (Å²) in [5.74, 6) is 0.530. The van der Waals surface area contributed by atoms with Crippen molar-refractivity contribution in [2.24, 2.45) is 11.8 Å². The van der Waals surface area contributed by atoms with E-state index in [1.54, 1.807) is 0 Å². The molecule has 0 N–H and O–H groups in total. The van der Waals surface area contributed by atoms with E-state index in [-0.39, 0.29) is 17.6 Å². The van der Waals surface area contributed by atoms with Gasteiger partial charge in [0.25, 0.3) is 0 Å². The highest BCUT2D eigenvalue weighted by atomic mass is 32.2. The number of hydrogen-bond donors (Lipinski definition) is 0. The van der Waals surface area contributed by atoms with Gasteiger partial charge in [0.2, 0.25) is 15.9 Å². The van der Waals surface area contributed by atoms with E-state index in [1.807, 2.05) is 41.3 Å². The molecule has 2 aromatic carbocycles. The zero-order valence-corrected chi connectivity index (χ0v) is 18.8. The third-order valence-corrected chi connectivity index (χ3v) is 8.43. The smallest absolute Gasteiger partial charge is 0.227 e. The molecule has 0 unspecified atom stereocenters. The van der Waals surface area contributed by atoms with Crippen molar-refractivity contribution in [3.63, 3.8) is 0 Å². The lowest BCUT2D eigenvalue weighted by Crippen LogP contribution is -2.48. The minimum Gasteiger partial charge on any atom is -0.342 e. The number of carbonyl (C=O) groups is 1. The van der Waals surface area contributed by atoms with Gasteiger partial charge in [0.05, 0.1) is 11.7 Å². The molecule has 166 valence electrons. The summed E-state index contributed by atoms with van der Waals surface area (Å²) >= 11 is 0. The van der Waals surface area contributed by atoms with Crippen LogP contribution in [0.4, 0.5) is 0 Å². The van der Waals surface area contributed by atoms with Gasteiger partial charge >= 0.3 is 0 Å². The first-order chi connectivity index (χ1) is 15.0. The lowest BCUT2D eigenvalue weighted by Gasteiger charge is -2.37. The Morgan fingerprint density at radius 1 is 0.839 bits per heavy atom. The monoisotopic (exact) mass is 440 g/mol. The van der Waals surface area contributed by atoms with E-state index in [2.05, 4.69) is 24.3 Å². The van der Waals surface area contributed by atoms with Crippen LogP contribution in [0.3, 0.4) is 0 Å². The van der Waals surface area contributed by atoms with Gasteiger partial charge in [0.15, 0.2) is 0 Å². The lowest BCUT2D eigenvalue weighted by atomic mass is 9.89. The first-order valence-electron chi connectivity index (χ1n) is 11.4. The van der Waals surface area contributed by atoms with E-state index in [1.165, 1.54) is 9.87 Å². The van der Waals surface area contributed by atoms with Crippen molar-refractivity contribution < 1.29 is 13.2 Å². The topological polar surface area (TPSA) is 57.7 Å². The number of nitrogens with zero attached hydrogens (tertiary/aromatic N) is 2. The van der Waals surface area contributed by atoms with Gasteiger partial charge < -0.3 is 4.90 Å². The SMILES string of the molecule is O=C([C@H]1CCCN(S(=O)(=O)Cc2ccccc2)C1)N1CCC(Cc2ccccc2)CC1. The molecule has 0 radical (unpaired) electrons. The molecule has 2 aliphatic heterocycles. The second-order valence-electron chi connectivity index (χ2n) is 8.90. The third kappa shape index (κ3) is 5.74. The van der Waals surface area contributed by atoms with E-state index >= 15 is 0 Å². The summed E-state index contributed by atoms with van der Waals surface area (Å²) in [6, 6.07) is 19.8. The standard InChI is InChI=1S/C25H32N2O3S/c28-25(26-16-13-22(14-17-26)18-21-8-3-1-4-9-21)24-12-7-15-27(19-24)31(29,30)20-23-10-5-2-6-11-23/h1-6,8-11,22,24H,7,12-20H2/t24-/m0/s1. The molecule has 2 aliphatic rings. The Balaban J connectivity index is 1.31. The van der Waals surface area contributed by atoms with Crippen molar-refractivity contribution in [2.75, 3.05) is 26.2 Å². The van der Waals surface area contributed by atoms with E-state index in [9.17, 15) is 13.2 Å². The molecule has 1 atom stereocenters. The first-order valence-corrected chi connectivity index (χ1v) is 13.0. The molecule has 2 saturated heterocycles. The summed E-state index contributed by atoms with van der Waals surface area (Å²) in [5.41, 5.74) is 2.15. The molecule has 2 heterocycles. The van der Waals surface area contributed by atoms with Crippen LogP contribution < -0.4 is 0 Å². The van der Waals surface area contributed by atoms with Crippen LogP contribution in [0, 0.1) is 11.8 Å². The zero-order valence-electron chi connectivity index (χ0n) is 18.0. The highest BCUT2D eigenvalue weighted by Gasteiger charge is 2.35. The fourth-order valence-electron chi connectivity index (χ4n) is 4.84. The Morgan fingerprint density at radius 3 is 2.10 bits per heavy atom. The number of sulfonamides is 1. The molecule has 2 aromatic rings. The average Bonchev–Trinajstić information content (AvgIpc) is 2.80. The van der Waals surface area contributed by atoms with Crippen LogP contribution in [0.2, 0.25) is 0 Å². The van der Waals surface area contributed by atoms with Crippen molar-refractivity contribution >= 4 is 15.9 Å². The fraction of sp³-hybridized carbons (Fsp3) is 0.480. The van der Waals surface area contributed by atoms with E-state index in [4.69, 9.17) is 0 Å². The highest BCUT2D eigenvalue weighted by molar-refractivity contribution is 7.88. The molecule has 0 bridgehead atoms. The molecule has 0 saturated carbocycles. The van der Waals surface area contributed by atoms with Gasteiger partial charge in [-0.05, 0) is 49.1 Å². The normalized spacial score (nSPS) is 21.2. The largest absolute Gasteiger partial charge is 0.342 e. The van der Waals surface area contributed by atoms with Crippen molar-refractivity contribution in [3.8, 4) is 0 Å². The lowest BCUT2D eigenvalue weighted by molar-refractivity contribution is -0.138. The predicted octanol–water partition coefficient (Wildman–Crippen LogP) is 3.71. The van der Waals surface area contributed by atoms with Crippen LogP contribution in [0.1, 0.15) is 36.8 Å². The van der Waals surface area contributed by atoms with Crippen molar-refractivity contribution in [1.29, 1.82) is 0 Å². The molecule has 6 heteroatoms. The second kappa shape index (κ2) is 9.96. The number of amides is 1. The molecule has 2 fully saturated rings. The number of carbonyl (C=O) groups excluding carboxylic acids is 1. The maximum Gasteiger partial charge on any atom is 0.227 e. The number of piperidine rings is 2. The Labute approximate surface area is 186 Å². The van der Waals surface area contributed by atoms with E-state index in [0.29, 0.717) is 19.0 Å². The van der Waals surface area contributed by atoms with Crippen LogP contribution in [0.15, 0.2) is 60.7 Å². The van der Waals surface area contributed by atoms with Crippen molar-refractivity contribution in [2.45, 2.75) is 37.9 Å². The fourth-order valence-corrected chi connectivity index (χ4v) is 6.45. The molecule has 5 nitrogen and oxygen atoms in total. The van der Waals surface area contributed by atoms with Gasteiger partial charge in [-0.25, -0.2) is 12.7 Å². The molecule has 0 spiro atoms. The van der Waals surface area contributed by atoms with Crippen LogP contribution in [0.5, 0.6) is 0 Å². The Bertz CT molecular complexity index is 955. The van der Waals surface area contributed by atoms with Crippen LogP contribution in [-0.2, 0) is 27.0 Å². The maximum atomic E-state index is 13.2. The van der Waals surface area contributed by atoms with Gasteiger partial charge in [-0.15, -0.1) is 0 Å². The summed E-state index contributed by atoms with van der Waals surface area (Å²) < 4.78 is 27.4. The maximum absolute atomic E-state index is 13.2. The van der Waals surface area contributed by atoms with E-state index in [0.717, 1.165) is 50.8 Å². The molecule has 31 heavy (non-hydrogen) atoms. The molecular formula is C25H32N2O3S. The number of rotatable bonds is 6.